The van der Waals surface area contributed by atoms with Gasteiger partial charge in [0.15, 0.2) is 5.69 Å². The molecule has 0 spiro atoms. The third-order valence-corrected chi connectivity index (χ3v) is 5.79. The fraction of sp³-hybridized carbons (Fsp3) is 0.391. The van der Waals surface area contributed by atoms with E-state index in [-0.39, 0.29) is 41.9 Å². The number of aryl methyl sites for hydroxylation is 1. The minimum absolute atomic E-state index is 0.0349. The summed E-state index contributed by atoms with van der Waals surface area (Å²) in [4.78, 5) is 23.8. The number of likely N-dealkylation sites (tertiary alicyclic amines) is 1. The molecule has 178 valence electrons. The van der Waals surface area contributed by atoms with Gasteiger partial charge in [-0.3, -0.25) is 0 Å². The number of alkyl halides is 3. The first kappa shape index (κ1) is 23.4. The molecule has 0 unspecified atom stereocenters. The van der Waals surface area contributed by atoms with E-state index >= 15 is 0 Å². The van der Waals surface area contributed by atoms with Crippen LogP contribution in [0.4, 0.5) is 18.0 Å². The molecule has 1 aromatic carbocycles. The molecule has 3 heterocycles. The number of carbonyl (C=O) groups excluding carboxylic acids is 1. The van der Waals surface area contributed by atoms with Crippen molar-refractivity contribution in [1.29, 1.82) is 5.26 Å². The number of nitrogens with zero attached hydrogens (tertiary/aromatic N) is 6. The second kappa shape index (κ2) is 9.21. The highest BCUT2D eigenvalue weighted by molar-refractivity contribution is 5.84. The van der Waals surface area contributed by atoms with E-state index in [9.17, 15) is 23.2 Å². The monoisotopic (exact) mass is 472 g/mol. The quantitative estimate of drug-likeness (QED) is 0.559. The number of nitriles is 1. The number of pyridine rings is 1. The second-order valence-electron chi connectivity index (χ2n) is 8.15. The van der Waals surface area contributed by atoms with Crippen LogP contribution < -0.4 is 4.74 Å². The average Bonchev–Trinajstić information content (AvgIpc) is 3.48. The van der Waals surface area contributed by atoms with Gasteiger partial charge in [0, 0.05) is 32.7 Å². The molecule has 2 aromatic heterocycles. The number of imidazole rings is 1. The summed E-state index contributed by atoms with van der Waals surface area (Å²) in [6.45, 7) is 1.45. The maximum absolute atomic E-state index is 13.8. The van der Waals surface area contributed by atoms with Gasteiger partial charge in [0.05, 0.1) is 29.6 Å². The normalized spacial score (nSPS) is 13.8. The predicted octanol–water partition coefficient (Wildman–Crippen LogP) is 4.05. The van der Waals surface area contributed by atoms with Crippen LogP contribution in [0, 0.1) is 11.3 Å². The Morgan fingerprint density at radius 1 is 1.26 bits per heavy atom. The molecule has 0 atom stereocenters. The van der Waals surface area contributed by atoms with Crippen molar-refractivity contribution in [2.24, 2.45) is 7.05 Å². The van der Waals surface area contributed by atoms with Crippen molar-refractivity contribution in [3.05, 3.63) is 41.9 Å². The average molecular weight is 472 g/mol. The smallest absolute Gasteiger partial charge is 0.419 e. The summed E-state index contributed by atoms with van der Waals surface area (Å²) in [7, 11) is 3.33. The number of aromatic nitrogens is 3. The molecule has 4 rings (SSSR count). The summed E-state index contributed by atoms with van der Waals surface area (Å²) in [5.74, 6) is -0.333. The molecule has 0 N–H and O–H groups in total. The van der Waals surface area contributed by atoms with Crippen molar-refractivity contribution < 1.29 is 22.7 Å². The fourth-order valence-corrected chi connectivity index (χ4v) is 3.93. The highest BCUT2D eigenvalue weighted by Crippen LogP contribution is 2.39. The Morgan fingerprint density at radius 2 is 2.00 bits per heavy atom. The van der Waals surface area contributed by atoms with Crippen molar-refractivity contribution in [3.63, 3.8) is 0 Å². The summed E-state index contributed by atoms with van der Waals surface area (Å²) in [6, 6.07) is 7.05. The molecule has 0 radical (unpaired) electrons. The highest BCUT2D eigenvalue weighted by atomic mass is 19.4. The third-order valence-electron chi connectivity index (χ3n) is 5.79. The Kier molecular flexibility index (Phi) is 6.32. The van der Waals surface area contributed by atoms with Gasteiger partial charge in [-0.1, -0.05) is 0 Å². The first-order valence-corrected chi connectivity index (χ1v) is 10.8. The number of rotatable bonds is 5. The Morgan fingerprint density at radius 3 is 2.68 bits per heavy atom. The summed E-state index contributed by atoms with van der Waals surface area (Å²) < 4.78 is 48.6. The number of ether oxygens (including phenoxy) is 1. The summed E-state index contributed by atoms with van der Waals surface area (Å²) in [6.07, 6.45) is -1.25. The van der Waals surface area contributed by atoms with Crippen LogP contribution in [-0.2, 0) is 13.2 Å². The van der Waals surface area contributed by atoms with Crippen molar-refractivity contribution in [1.82, 2.24) is 24.3 Å². The van der Waals surface area contributed by atoms with E-state index in [1.807, 2.05) is 6.07 Å². The van der Waals surface area contributed by atoms with E-state index in [4.69, 9.17) is 4.74 Å². The van der Waals surface area contributed by atoms with Crippen LogP contribution in [0.2, 0.25) is 0 Å². The van der Waals surface area contributed by atoms with Crippen LogP contribution in [0.5, 0.6) is 5.75 Å². The predicted molar refractivity (Wildman–Crippen MR) is 118 cm³/mol. The Labute approximate surface area is 194 Å². The first-order chi connectivity index (χ1) is 16.2. The van der Waals surface area contributed by atoms with Gasteiger partial charge in [-0.05, 0) is 37.1 Å². The van der Waals surface area contributed by atoms with Gasteiger partial charge < -0.3 is 19.1 Å². The molecule has 3 aromatic rings. The fourth-order valence-electron chi connectivity index (χ4n) is 3.93. The van der Waals surface area contributed by atoms with Gasteiger partial charge in [-0.15, -0.1) is 0 Å². The van der Waals surface area contributed by atoms with Crippen LogP contribution in [0.3, 0.4) is 0 Å². The molecule has 34 heavy (non-hydrogen) atoms. The van der Waals surface area contributed by atoms with Gasteiger partial charge in [0.1, 0.15) is 23.9 Å². The largest absolute Gasteiger partial charge is 0.491 e. The van der Waals surface area contributed by atoms with Gasteiger partial charge in [0.2, 0.25) is 0 Å². The van der Waals surface area contributed by atoms with Crippen LogP contribution in [-0.4, -0.2) is 63.7 Å². The molecule has 1 fully saturated rings. The molecule has 0 saturated carbocycles. The SMILES string of the molecule is CN(CCOc1ccc(-c2cc3c(ncn3C)c(C#N)n2)cc1C(F)(F)F)C(=O)N1CCCC1. The zero-order valence-electron chi connectivity index (χ0n) is 18.8. The van der Waals surface area contributed by atoms with Gasteiger partial charge in [-0.2, -0.15) is 18.4 Å². The van der Waals surface area contributed by atoms with Crippen molar-refractivity contribution in [3.8, 4) is 23.1 Å². The number of halogens is 3. The number of carbonyl (C=O) groups is 1. The summed E-state index contributed by atoms with van der Waals surface area (Å²) in [5, 5.41) is 9.40. The lowest BCUT2D eigenvalue weighted by Crippen LogP contribution is -2.41. The van der Waals surface area contributed by atoms with Crippen LogP contribution in [0.1, 0.15) is 24.1 Å². The lowest BCUT2D eigenvalue weighted by Gasteiger charge is -2.24. The van der Waals surface area contributed by atoms with E-state index in [1.54, 1.807) is 29.6 Å². The molecule has 11 heteroatoms. The van der Waals surface area contributed by atoms with Gasteiger partial charge in [-0.25, -0.2) is 14.8 Å². The Bertz CT molecular complexity index is 1260. The van der Waals surface area contributed by atoms with Crippen LogP contribution in [0.15, 0.2) is 30.6 Å². The molecule has 2 amide bonds. The van der Waals surface area contributed by atoms with Crippen LogP contribution >= 0.6 is 0 Å². The van der Waals surface area contributed by atoms with Crippen LogP contribution in [0.25, 0.3) is 22.3 Å². The highest BCUT2D eigenvalue weighted by Gasteiger charge is 2.35. The molecule has 1 aliphatic heterocycles. The molecule has 1 aliphatic rings. The maximum atomic E-state index is 13.8. The Hall–Kier alpha value is -3.81. The number of likely N-dealkylation sites (N-methyl/N-ethyl adjacent to an activating group) is 1. The minimum atomic E-state index is -4.67. The maximum Gasteiger partial charge on any atom is 0.419 e. The first-order valence-electron chi connectivity index (χ1n) is 10.8. The molecule has 1 saturated heterocycles. The number of urea groups is 1. The lowest BCUT2D eigenvalue weighted by molar-refractivity contribution is -0.138. The molecular formula is C23H23F3N6O2. The third kappa shape index (κ3) is 4.62. The number of hydrogen-bond donors (Lipinski definition) is 0. The topological polar surface area (TPSA) is 87.3 Å². The molecule has 0 bridgehead atoms. The minimum Gasteiger partial charge on any atom is -0.491 e. The summed E-state index contributed by atoms with van der Waals surface area (Å²) >= 11 is 0. The van der Waals surface area contributed by atoms with Gasteiger partial charge >= 0.3 is 12.2 Å². The summed E-state index contributed by atoms with van der Waals surface area (Å²) in [5.41, 5.74) is 0.469. The molecule has 8 nitrogen and oxygen atoms in total. The molecular weight excluding hydrogens is 449 g/mol. The van der Waals surface area contributed by atoms with Crippen molar-refractivity contribution in [2.75, 3.05) is 33.3 Å². The van der Waals surface area contributed by atoms with E-state index in [0.717, 1.165) is 18.9 Å². The number of benzene rings is 1. The lowest BCUT2D eigenvalue weighted by atomic mass is 10.1. The zero-order valence-corrected chi connectivity index (χ0v) is 18.8. The van der Waals surface area contributed by atoms with E-state index in [2.05, 4.69) is 9.97 Å². The number of hydrogen-bond acceptors (Lipinski definition) is 5. The Balaban J connectivity index is 1.56. The number of amides is 2. The van der Waals surface area contributed by atoms with Crippen molar-refractivity contribution >= 4 is 17.1 Å². The van der Waals surface area contributed by atoms with Crippen molar-refractivity contribution in [2.45, 2.75) is 19.0 Å². The zero-order chi connectivity index (χ0) is 24.5. The standard InChI is InChI=1S/C23H23F3N6O2/c1-30(22(33)32-7-3-4-8-32)9-10-34-20-6-5-15(11-16(20)23(24,25)26)17-12-19-21(18(13-27)29-17)28-14-31(19)2/h5-6,11-12,14H,3-4,7-10H2,1-2H3. The van der Waals surface area contributed by atoms with E-state index < -0.39 is 11.7 Å². The van der Waals surface area contributed by atoms with E-state index in [1.165, 1.54) is 23.4 Å². The molecule has 0 aliphatic carbocycles. The van der Waals surface area contributed by atoms with Gasteiger partial charge in [0.25, 0.3) is 0 Å². The van der Waals surface area contributed by atoms with E-state index in [0.29, 0.717) is 24.1 Å². The second-order valence-corrected chi connectivity index (χ2v) is 8.15. The number of fused-ring (bicyclic) bond motifs is 1.